The second kappa shape index (κ2) is 11.8. The van der Waals surface area contributed by atoms with Crippen LogP contribution >= 0.6 is 0 Å². The lowest BCUT2D eigenvalue weighted by Crippen LogP contribution is -2.49. The zero-order chi connectivity index (χ0) is 24.7. The minimum Gasteiger partial charge on any atom is -0.497 e. The van der Waals surface area contributed by atoms with Crippen molar-refractivity contribution in [2.45, 2.75) is 30.3 Å². The molecule has 3 rings (SSSR count). The second-order valence-electron chi connectivity index (χ2n) is 8.79. The highest BCUT2D eigenvalue weighted by Gasteiger charge is 2.34. The van der Waals surface area contributed by atoms with Crippen LogP contribution in [0.2, 0.25) is 0 Å². The summed E-state index contributed by atoms with van der Waals surface area (Å²) in [6, 6.07) is 14.1. The van der Waals surface area contributed by atoms with E-state index < -0.39 is 10.0 Å². The quantitative estimate of drug-likeness (QED) is 0.475. The Balaban J connectivity index is 1.69. The number of carbonyl (C=O) groups is 1. The van der Waals surface area contributed by atoms with E-state index in [-0.39, 0.29) is 16.9 Å². The van der Waals surface area contributed by atoms with Gasteiger partial charge < -0.3 is 14.4 Å². The largest absolute Gasteiger partial charge is 0.497 e. The van der Waals surface area contributed by atoms with Crippen LogP contribution in [0.1, 0.15) is 28.8 Å². The molecule has 2 aromatic carbocycles. The van der Waals surface area contributed by atoms with Gasteiger partial charge in [-0.3, -0.25) is 4.90 Å². The first-order valence-electron chi connectivity index (χ1n) is 11.4. The zero-order valence-corrected chi connectivity index (χ0v) is 21.3. The molecular weight excluding hydrogens is 454 g/mol. The maximum Gasteiger partial charge on any atom is 0.337 e. The first-order valence-corrected chi connectivity index (χ1v) is 12.9. The monoisotopic (exact) mass is 489 g/mol. The summed E-state index contributed by atoms with van der Waals surface area (Å²) in [6.45, 7) is 3.45. The van der Waals surface area contributed by atoms with Gasteiger partial charge in [0.05, 0.1) is 24.7 Å². The van der Waals surface area contributed by atoms with Crippen molar-refractivity contribution in [1.29, 1.82) is 0 Å². The summed E-state index contributed by atoms with van der Waals surface area (Å²) in [6.07, 6.45) is 1.52. The van der Waals surface area contributed by atoms with Crippen molar-refractivity contribution in [3.8, 4) is 5.75 Å². The Morgan fingerprint density at radius 3 is 2.29 bits per heavy atom. The predicted molar refractivity (Wildman–Crippen MR) is 132 cm³/mol. The number of methoxy groups -OCH3 is 2. The fraction of sp³-hybridized carbons (Fsp3) is 0.480. The van der Waals surface area contributed by atoms with Crippen LogP contribution in [0.5, 0.6) is 5.75 Å². The summed E-state index contributed by atoms with van der Waals surface area (Å²) in [5, 5.41) is 0. The lowest BCUT2D eigenvalue weighted by molar-refractivity contribution is 0.0600. The van der Waals surface area contributed by atoms with Crippen molar-refractivity contribution in [3.05, 3.63) is 59.7 Å². The highest BCUT2D eigenvalue weighted by molar-refractivity contribution is 7.89. The third kappa shape index (κ3) is 6.56. The number of piperidine rings is 1. The average Bonchev–Trinajstić information content (AvgIpc) is 2.85. The number of rotatable bonds is 10. The molecule has 1 aliphatic heterocycles. The fourth-order valence-corrected chi connectivity index (χ4v) is 5.89. The molecule has 2 aromatic rings. The lowest BCUT2D eigenvalue weighted by atomic mass is 10.0. The average molecular weight is 490 g/mol. The van der Waals surface area contributed by atoms with Crippen LogP contribution in [0.25, 0.3) is 0 Å². The van der Waals surface area contributed by atoms with Gasteiger partial charge in [0.1, 0.15) is 5.75 Å². The molecule has 186 valence electrons. The van der Waals surface area contributed by atoms with Crippen molar-refractivity contribution in [2.24, 2.45) is 0 Å². The van der Waals surface area contributed by atoms with E-state index >= 15 is 0 Å². The van der Waals surface area contributed by atoms with Gasteiger partial charge in [-0.25, -0.2) is 13.2 Å². The minimum absolute atomic E-state index is 0.0610. The number of hydrogen-bond acceptors (Lipinski definition) is 7. The molecule has 8 nitrogen and oxygen atoms in total. The van der Waals surface area contributed by atoms with E-state index in [4.69, 9.17) is 9.47 Å². The summed E-state index contributed by atoms with van der Waals surface area (Å²) >= 11 is 0. The SMILES string of the molecule is COC(=O)c1ccc(CN2CCC(N(CCN(C)C)S(=O)(=O)c3cccc(OC)c3)CC2)cc1. The summed E-state index contributed by atoms with van der Waals surface area (Å²) in [5.41, 5.74) is 1.64. The Bertz CT molecular complexity index is 1050. The maximum atomic E-state index is 13.6. The first-order chi connectivity index (χ1) is 16.2. The molecule has 1 aliphatic rings. The Labute approximate surface area is 203 Å². The molecule has 9 heteroatoms. The Morgan fingerprint density at radius 2 is 1.71 bits per heavy atom. The van der Waals surface area contributed by atoms with Gasteiger partial charge in [-0.1, -0.05) is 18.2 Å². The van der Waals surface area contributed by atoms with Crippen LogP contribution in [0, 0.1) is 0 Å². The van der Waals surface area contributed by atoms with Crippen molar-refractivity contribution < 1.29 is 22.7 Å². The molecule has 0 aromatic heterocycles. The van der Waals surface area contributed by atoms with E-state index in [1.165, 1.54) is 14.2 Å². The molecule has 0 amide bonds. The van der Waals surface area contributed by atoms with E-state index in [0.29, 0.717) is 24.4 Å². The van der Waals surface area contributed by atoms with E-state index in [1.54, 1.807) is 40.7 Å². The van der Waals surface area contributed by atoms with Gasteiger partial charge in [0.15, 0.2) is 0 Å². The number of likely N-dealkylation sites (N-methyl/N-ethyl adjacent to an activating group) is 1. The summed E-state index contributed by atoms with van der Waals surface area (Å²) in [7, 11) is 3.15. The van der Waals surface area contributed by atoms with Gasteiger partial charge in [0.2, 0.25) is 10.0 Å². The van der Waals surface area contributed by atoms with Gasteiger partial charge in [-0.05, 0) is 56.8 Å². The predicted octanol–water partition coefficient (Wildman–Crippen LogP) is 2.70. The number of esters is 1. The molecule has 0 radical (unpaired) electrons. The van der Waals surface area contributed by atoms with Crippen LogP contribution in [0.15, 0.2) is 53.4 Å². The van der Waals surface area contributed by atoms with Gasteiger partial charge in [0.25, 0.3) is 0 Å². The van der Waals surface area contributed by atoms with Gasteiger partial charge in [0, 0.05) is 44.8 Å². The highest BCUT2D eigenvalue weighted by Crippen LogP contribution is 2.27. The molecule has 0 aliphatic carbocycles. The van der Waals surface area contributed by atoms with Crippen LogP contribution in [-0.2, 0) is 21.3 Å². The van der Waals surface area contributed by atoms with Crippen LogP contribution in [0.3, 0.4) is 0 Å². The maximum absolute atomic E-state index is 13.6. The Kier molecular flexibility index (Phi) is 9.07. The molecule has 1 saturated heterocycles. The zero-order valence-electron chi connectivity index (χ0n) is 20.4. The standard InChI is InChI=1S/C25H35N3O5S/c1-26(2)16-17-28(34(30,31)24-7-5-6-23(18-24)32-3)22-12-14-27(15-13-22)19-20-8-10-21(11-9-20)25(29)33-4/h5-11,18,22H,12-17,19H2,1-4H3. The second-order valence-corrected chi connectivity index (χ2v) is 10.7. The third-order valence-electron chi connectivity index (χ3n) is 6.16. The summed E-state index contributed by atoms with van der Waals surface area (Å²) < 4.78 is 38.9. The van der Waals surface area contributed by atoms with E-state index in [0.717, 1.165) is 38.0 Å². The first kappa shape index (κ1) is 26.2. The molecule has 1 heterocycles. The molecule has 1 fully saturated rings. The highest BCUT2D eigenvalue weighted by atomic mass is 32.2. The van der Waals surface area contributed by atoms with E-state index in [2.05, 4.69) is 4.90 Å². The Hall–Kier alpha value is -2.46. The molecule has 0 atom stereocenters. The number of nitrogens with zero attached hydrogens (tertiary/aromatic N) is 3. The number of carbonyl (C=O) groups excluding carboxylic acids is 1. The number of sulfonamides is 1. The van der Waals surface area contributed by atoms with E-state index in [9.17, 15) is 13.2 Å². The van der Waals surface area contributed by atoms with Crippen molar-refractivity contribution in [3.63, 3.8) is 0 Å². The number of ether oxygens (including phenoxy) is 2. The van der Waals surface area contributed by atoms with Crippen LogP contribution in [-0.4, -0.2) is 89.0 Å². The van der Waals surface area contributed by atoms with Crippen LogP contribution in [0.4, 0.5) is 0 Å². The number of benzene rings is 2. The molecule has 34 heavy (non-hydrogen) atoms. The normalized spacial score (nSPS) is 15.6. The van der Waals surface area contributed by atoms with Crippen molar-refractivity contribution in [1.82, 2.24) is 14.1 Å². The number of likely N-dealkylation sites (tertiary alicyclic amines) is 1. The topological polar surface area (TPSA) is 79.4 Å². The molecule has 0 unspecified atom stereocenters. The summed E-state index contributed by atoms with van der Waals surface area (Å²) in [5.74, 6) is 0.184. The molecular formula is C25H35N3O5S. The number of hydrogen-bond donors (Lipinski definition) is 0. The molecule has 0 N–H and O–H groups in total. The molecule has 0 bridgehead atoms. The minimum atomic E-state index is -3.66. The molecule has 0 saturated carbocycles. The third-order valence-corrected chi connectivity index (χ3v) is 8.11. The van der Waals surface area contributed by atoms with Gasteiger partial charge in [-0.2, -0.15) is 4.31 Å². The smallest absolute Gasteiger partial charge is 0.337 e. The van der Waals surface area contributed by atoms with Crippen molar-refractivity contribution in [2.75, 3.05) is 54.5 Å². The van der Waals surface area contributed by atoms with Crippen LogP contribution < -0.4 is 4.74 Å². The Morgan fingerprint density at radius 1 is 1.03 bits per heavy atom. The lowest BCUT2D eigenvalue weighted by Gasteiger charge is -2.38. The fourth-order valence-electron chi connectivity index (χ4n) is 4.18. The van der Waals surface area contributed by atoms with Gasteiger partial charge in [-0.15, -0.1) is 0 Å². The molecule has 0 spiro atoms. The van der Waals surface area contributed by atoms with Crippen molar-refractivity contribution >= 4 is 16.0 Å². The van der Waals surface area contributed by atoms with Gasteiger partial charge >= 0.3 is 5.97 Å². The van der Waals surface area contributed by atoms with E-state index in [1.807, 2.05) is 31.1 Å². The summed E-state index contributed by atoms with van der Waals surface area (Å²) in [4.78, 5) is 16.2.